The number of carbonyl (C=O) groups is 2. The Morgan fingerprint density at radius 1 is 1.37 bits per heavy atom. The van der Waals surface area contributed by atoms with Crippen LogP contribution in [-0.2, 0) is 4.79 Å². The lowest BCUT2D eigenvalue weighted by Gasteiger charge is -2.31. The Morgan fingerprint density at radius 3 is 2.32 bits per heavy atom. The quantitative estimate of drug-likeness (QED) is 0.795. The molecule has 0 unspecified atom stereocenters. The molecule has 1 fully saturated rings. The molecule has 1 aliphatic rings. The zero-order chi connectivity index (χ0) is 14.8. The van der Waals surface area contributed by atoms with Gasteiger partial charge in [-0.2, -0.15) is 0 Å². The molecule has 1 heterocycles. The van der Waals surface area contributed by atoms with Gasteiger partial charge in [0.25, 0.3) is 0 Å². The number of aliphatic carboxylic acids is 1. The number of amides is 2. The van der Waals surface area contributed by atoms with Crippen LogP contribution in [0.4, 0.5) is 4.79 Å². The van der Waals surface area contributed by atoms with Gasteiger partial charge in [-0.05, 0) is 26.7 Å². The van der Waals surface area contributed by atoms with Crippen LogP contribution in [0.2, 0.25) is 0 Å². The summed E-state index contributed by atoms with van der Waals surface area (Å²) in [5.74, 6) is -1.39. The molecule has 6 heteroatoms. The second-order valence-corrected chi connectivity index (χ2v) is 5.94. The Labute approximate surface area is 114 Å². The lowest BCUT2D eigenvalue weighted by Crippen LogP contribution is -2.48. The lowest BCUT2D eigenvalue weighted by molar-refractivity contribution is -0.142. The Bertz CT molecular complexity index is 351. The normalized spacial score (nSPS) is 23.5. The average molecular weight is 272 g/mol. The molecule has 0 bridgehead atoms. The van der Waals surface area contributed by atoms with Crippen LogP contribution in [0.5, 0.6) is 0 Å². The number of rotatable bonds is 4. The second-order valence-electron chi connectivity index (χ2n) is 5.94. The maximum atomic E-state index is 12.3. The summed E-state index contributed by atoms with van der Waals surface area (Å²) in [6.07, 6.45) is 0. The highest BCUT2D eigenvalue weighted by atomic mass is 16.4. The zero-order valence-electron chi connectivity index (χ0n) is 12.1. The van der Waals surface area contributed by atoms with E-state index >= 15 is 0 Å². The molecule has 0 aliphatic carbocycles. The van der Waals surface area contributed by atoms with Gasteiger partial charge in [0.15, 0.2) is 0 Å². The number of carbonyl (C=O) groups excluding carboxylic acids is 1. The van der Waals surface area contributed by atoms with Crippen LogP contribution in [0.1, 0.15) is 27.7 Å². The van der Waals surface area contributed by atoms with Crippen LogP contribution in [0.3, 0.4) is 0 Å². The van der Waals surface area contributed by atoms with Crippen molar-refractivity contribution in [2.75, 3.05) is 26.2 Å². The fraction of sp³-hybridized carbons (Fsp3) is 0.846. The number of urea groups is 1. The number of carboxylic acid groups (broad SMARTS) is 1. The number of likely N-dealkylation sites (N-methyl/N-ethyl adjacent to an activating group) is 1. The molecule has 6 nitrogen and oxygen atoms in total. The predicted molar refractivity (Wildman–Crippen MR) is 70.8 cm³/mol. The van der Waals surface area contributed by atoms with Crippen LogP contribution in [-0.4, -0.2) is 63.8 Å². The minimum atomic E-state index is -0.955. The molecule has 19 heavy (non-hydrogen) atoms. The number of likely N-dealkylation sites (tertiary alicyclic amines) is 1. The third-order valence-electron chi connectivity index (χ3n) is 3.43. The van der Waals surface area contributed by atoms with Crippen molar-refractivity contribution in [1.29, 1.82) is 0 Å². The summed E-state index contributed by atoms with van der Waals surface area (Å²) in [5, 5.41) is 18.9. The molecular weight excluding hydrogens is 248 g/mol. The monoisotopic (exact) mass is 272 g/mol. The molecule has 0 aromatic rings. The molecule has 110 valence electrons. The Kier molecular flexibility index (Phi) is 4.79. The first-order chi connectivity index (χ1) is 8.65. The molecule has 0 spiro atoms. The van der Waals surface area contributed by atoms with Crippen molar-refractivity contribution >= 4 is 12.0 Å². The Hall–Kier alpha value is -1.30. The van der Waals surface area contributed by atoms with Gasteiger partial charge in [0.05, 0.1) is 18.1 Å². The van der Waals surface area contributed by atoms with Gasteiger partial charge in [0.1, 0.15) is 0 Å². The van der Waals surface area contributed by atoms with Crippen LogP contribution in [0.25, 0.3) is 0 Å². The van der Waals surface area contributed by atoms with E-state index in [0.29, 0.717) is 13.1 Å². The highest BCUT2D eigenvalue weighted by Crippen LogP contribution is 2.24. The summed E-state index contributed by atoms with van der Waals surface area (Å²) in [7, 11) is 0. The maximum absolute atomic E-state index is 12.3. The molecule has 0 radical (unpaired) electrons. The topological polar surface area (TPSA) is 81.1 Å². The first-order valence-electron chi connectivity index (χ1n) is 6.64. The predicted octanol–water partition coefficient (Wildman–Crippen LogP) is 0.852. The number of carboxylic acids is 1. The minimum Gasteiger partial charge on any atom is -0.481 e. The lowest BCUT2D eigenvalue weighted by atomic mass is 9.99. The van der Waals surface area contributed by atoms with Crippen molar-refractivity contribution in [3.8, 4) is 0 Å². The second kappa shape index (κ2) is 5.77. The van der Waals surface area contributed by atoms with E-state index in [-0.39, 0.29) is 25.0 Å². The number of hydrogen-bond donors (Lipinski definition) is 2. The highest BCUT2D eigenvalue weighted by molar-refractivity contribution is 5.77. The third kappa shape index (κ3) is 4.09. The van der Waals surface area contributed by atoms with E-state index in [1.165, 1.54) is 0 Å². The molecule has 2 amide bonds. The molecule has 0 aromatic carbocycles. The highest BCUT2D eigenvalue weighted by Gasteiger charge is 2.38. The standard InChI is InChI=1S/C13H24N2O4/c1-5-14(8-13(3,4)19)12(18)15-6-9(2)10(7-15)11(16)17/h9-10,19H,5-8H2,1-4H3,(H,16,17)/t9-,10-/m1/s1. The molecule has 1 saturated heterocycles. The summed E-state index contributed by atoms with van der Waals surface area (Å²) in [6, 6.07) is -0.194. The van der Waals surface area contributed by atoms with E-state index in [1.807, 2.05) is 13.8 Å². The van der Waals surface area contributed by atoms with Crippen LogP contribution in [0.15, 0.2) is 0 Å². The molecule has 1 rings (SSSR count). The van der Waals surface area contributed by atoms with Gasteiger partial charge in [-0.1, -0.05) is 6.92 Å². The molecular formula is C13H24N2O4. The maximum Gasteiger partial charge on any atom is 0.320 e. The first kappa shape index (κ1) is 15.8. The van der Waals surface area contributed by atoms with Gasteiger partial charge in [-0.3, -0.25) is 4.79 Å². The average Bonchev–Trinajstić information content (AvgIpc) is 2.66. The van der Waals surface area contributed by atoms with Crippen LogP contribution in [0, 0.1) is 11.8 Å². The zero-order valence-corrected chi connectivity index (χ0v) is 12.1. The van der Waals surface area contributed by atoms with Crippen molar-refractivity contribution in [2.24, 2.45) is 11.8 Å². The Balaban J connectivity index is 2.70. The van der Waals surface area contributed by atoms with Gasteiger partial charge in [-0.15, -0.1) is 0 Å². The molecule has 2 atom stereocenters. The molecule has 0 saturated carbocycles. The van der Waals surface area contributed by atoms with Crippen molar-refractivity contribution in [1.82, 2.24) is 9.80 Å². The van der Waals surface area contributed by atoms with E-state index in [2.05, 4.69) is 0 Å². The molecule has 0 aromatic heterocycles. The first-order valence-corrected chi connectivity index (χ1v) is 6.64. The van der Waals surface area contributed by atoms with Crippen molar-refractivity contribution in [3.05, 3.63) is 0 Å². The summed E-state index contributed by atoms with van der Waals surface area (Å²) in [5.41, 5.74) is -0.955. The smallest absolute Gasteiger partial charge is 0.320 e. The summed E-state index contributed by atoms with van der Waals surface area (Å²) >= 11 is 0. The fourth-order valence-corrected chi connectivity index (χ4v) is 2.43. The molecule has 1 aliphatic heterocycles. The summed E-state index contributed by atoms with van der Waals surface area (Å²) in [6.45, 7) is 8.42. The Morgan fingerprint density at radius 2 is 1.95 bits per heavy atom. The van der Waals surface area contributed by atoms with E-state index in [0.717, 1.165) is 0 Å². The van der Waals surface area contributed by atoms with Crippen LogP contribution < -0.4 is 0 Å². The SMILES string of the molecule is CCN(CC(C)(C)O)C(=O)N1C[C@@H](C)[C@H](C(=O)O)C1. The van der Waals surface area contributed by atoms with Gasteiger partial charge in [0.2, 0.25) is 0 Å². The third-order valence-corrected chi connectivity index (χ3v) is 3.43. The van der Waals surface area contributed by atoms with Gasteiger partial charge >= 0.3 is 12.0 Å². The van der Waals surface area contributed by atoms with Crippen LogP contribution >= 0.6 is 0 Å². The number of hydrogen-bond acceptors (Lipinski definition) is 3. The summed E-state index contributed by atoms with van der Waals surface area (Å²) in [4.78, 5) is 26.5. The fourth-order valence-electron chi connectivity index (χ4n) is 2.43. The molecule has 2 N–H and O–H groups in total. The van der Waals surface area contributed by atoms with Crippen molar-refractivity contribution < 1.29 is 19.8 Å². The van der Waals surface area contributed by atoms with E-state index in [9.17, 15) is 14.7 Å². The van der Waals surface area contributed by atoms with E-state index in [1.54, 1.807) is 23.6 Å². The van der Waals surface area contributed by atoms with Crippen molar-refractivity contribution in [3.63, 3.8) is 0 Å². The van der Waals surface area contributed by atoms with E-state index in [4.69, 9.17) is 5.11 Å². The van der Waals surface area contributed by atoms with Gasteiger partial charge in [-0.25, -0.2) is 4.79 Å². The largest absolute Gasteiger partial charge is 0.481 e. The number of aliphatic hydroxyl groups is 1. The van der Waals surface area contributed by atoms with Crippen molar-refractivity contribution in [2.45, 2.75) is 33.3 Å². The van der Waals surface area contributed by atoms with Gasteiger partial charge < -0.3 is 20.0 Å². The minimum absolute atomic E-state index is 0.0395. The summed E-state index contributed by atoms with van der Waals surface area (Å²) < 4.78 is 0. The van der Waals surface area contributed by atoms with Gasteiger partial charge in [0, 0.05) is 19.6 Å². The van der Waals surface area contributed by atoms with E-state index < -0.39 is 17.5 Å². The number of nitrogens with zero attached hydrogens (tertiary/aromatic N) is 2.